The molecule has 122 valence electrons. The summed E-state index contributed by atoms with van der Waals surface area (Å²) in [6.07, 6.45) is 0. The van der Waals surface area contributed by atoms with Crippen molar-refractivity contribution >= 4 is 18.1 Å². The summed E-state index contributed by atoms with van der Waals surface area (Å²) >= 11 is 1.63. The highest BCUT2D eigenvalue weighted by Crippen LogP contribution is 2.26. The molecule has 1 heterocycles. The molecule has 1 aromatic heterocycles. The van der Waals surface area contributed by atoms with E-state index < -0.39 is 0 Å². The van der Waals surface area contributed by atoms with Crippen molar-refractivity contribution in [2.75, 3.05) is 7.11 Å². The van der Waals surface area contributed by atoms with Crippen LogP contribution in [0.25, 0.3) is 0 Å². The van der Waals surface area contributed by atoms with E-state index in [1.165, 1.54) is 0 Å². The second-order valence-corrected chi connectivity index (χ2v) is 4.54. The SMILES string of the molecule is C#N.C#N.C=NN.COc1ccccc1OCc1csc(C)n1. The first-order valence-corrected chi connectivity index (χ1v) is 6.93. The normalized spacial score (nSPS) is 7.74. The average Bonchev–Trinajstić information content (AvgIpc) is 3.03. The molecule has 0 aliphatic heterocycles. The minimum atomic E-state index is 0.477. The number of para-hydroxylation sites is 2. The van der Waals surface area contributed by atoms with Gasteiger partial charge in [0.15, 0.2) is 11.5 Å². The van der Waals surface area contributed by atoms with Crippen molar-refractivity contribution < 1.29 is 9.47 Å². The number of aromatic nitrogens is 1. The summed E-state index contributed by atoms with van der Waals surface area (Å²) in [5.74, 6) is 5.85. The number of hydrazone groups is 1. The zero-order valence-corrected chi connectivity index (χ0v) is 13.9. The lowest BCUT2D eigenvalue weighted by Gasteiger charge is -2.08. The van der Waals surface area contributed by atoms with Gasteiger partial charge in [0, 0.05) is 25.2 Å². The van der Waals surface area contributed by atoms with E-state index in [4.69, 9.17) is 20.0 Å². The van der Waals surface area contributed by atoms with Crippen LogP contribution in [-0.2, 0) is 6.61 Å². The van der Waals surface area contributed by atoms with E-state index in [1.54, 1.807) is 18.4 Å². The molecule has 0 aliphatic rings. The molecule has 1 aromatic carbocycles. The molecule has 7 nitrogen and oxygen atoms in total. The maximum atomic E-state index is 6.50. The first-order valence-electron chi connectivity index (χ1n) is 6.05. The lowest BCUT2D eigenvalue weighted by molar-refractivity contribution is 0.281. The summed E-state index contributed by atoms with van der Waals surface area (Å²) in [4.78, 5) is 4.33. The van der Waals surface area contributed by atoms with Crippen molar-refractivity contribution in [3.05, 3.63) is 40.3 Å². The van der Waals surface area contributed by atoms with Crippen LogP contribution in [0.1, 0.15) is 10.7 Å². The number of rotatable bonds is 4. The molecule has 2 rings (SSSR count). The van der Waals surface area contributed by atoms with Gasteiger partial charge in [-0.1, -0.05) is 12.1 Å². The maximum Gasteiger partial charge on any atom is 0.161 e. The molecule has 8 heteroatoms. The Morgan fingerprint density at radius 3 is 2.22 bits per heavy atom. The molecule has 0 amide bonds. The predicted octanol–water partition coefficient (Wildman–Crippen LogP) is 2.88. The van der Waals surface area contributed by atoms with Crippen molar-refractivity contribution in [2.24, 2.45) is 10.9 Å². The highest BCUT2D eigenvalue weighted by atomic mass is 32.1. The van der Waals surface area contributed by atoms with Crippen LogP contribution in [0, 0.1) is 30.6 Å². The Hall–Kier alpha value is -3.10. The van der Waals surface area contributed by atoms with Gasteiger partial charge in [0.2, 0.25) is 0 Å². The molecule has 0 unspecified atom stereocenters. The van der Waals surface area contributed by atoms with E-state index in [0.717, 1.165) is 22.2 Å². The van der Waals surface area contributed by atoms with Gasteiger partial charge in [-0.15, -0.1) is 11.3 Å². The summed E-state index contributed by atoms with van der Waals surface area (Å²) < 4.78 is 10.8. The third-order valence-corrected chi connectivity index (χ3v) is 2.93. The second kappa shape index (κ2) is 15.3. The smallest absolute Gasteiger partial charge is 0.161 e. The van der Waals surface area contributed by atoms with E-state index in [0.29, 0.717) is 6.61 Å². The third-order valence-electron chi connectivity index (χ3n) is 2.11. The summed E-state index contributed by atoms with van der Waals surface area (Å²) in [6.45, 7) is 12.3. The average molecular weight is 333 g/mol. The fourth-order valence-corrected chi connectivity index (χ4v) is 1.96. The molecule has 23 heavy (non-hydrogen) atoms. The largest absolute Gasteiger partial charge is 0.493 e. The van der Waals surface area contributed by atoms with Gasteiger partial charge in [-0.25, -0.2) is 15.5 Å². The van der Waals surface area contributed by atoms with Crippen molar-refractivity contribution in [1.82, 2.24) is 4.98 Å². The van der Waals surface area contributed by atoms with Crippen LogP contribution in [0.5, 0.6) is 11.5 Å². The van der Waals surface area contributed by atoms with Crippen molar-refractivity contribution in [1.29, 1.82) is 10.5 Å². The van der Waals surface area contributed by atoms with Gasteiger partial charge in [0.05, 0.1) is 17.8 Å². The zero-order valence-electron chi connectivity index (χ0n) is 13.0. The predicted molar refractivity (Wildman–Crippen MR) is 91.3 cm³/mol. The first kappa shape index (κ1) is 22.2. The lowest BCUT2D eigenvalue weighted by atomic mass is 10.3. The molecule has 0 radical (unpaired) electrons. The van der Waals surface area contributed by atoms with Crippen LogP contribution in [0.3, 0.4) is 0 Å². The van der Waals surface area contributed by atoms with Gasteiger partial charge < -0.3 is 15.3 Å². The summed E-state index contributed by atoms with van der Waals surface area (Å²) in [6, 6.07) is 7.60. The highest BCUT2D eigenvalue weighted by Gasteiger charge is 2.04. The molecule has 0 aliphatic carbocycles. The maximum absolute atomic E-state index is 6.50. The Morgan fingerprint density at radius 2 is 1.78 bits per heavy atom. The molecule has 0 spiro atoms. The van der Waals surface area contributed by atoms with E-state index in [1.807, 2.05) is 36.6 Å². The number of nitrogens with zero attached hydrogens (tertiary/aromatic N) is 4. The van der Waals surface area contributed by atoms with Crippen LogP contribution in [0.2, 0.25) is 0 Å². The molecular formula is C15H19N5O2S. The Labute approximate surface area is 140 Å². The number of hydrogen-bond acceptors (Lipinski definition) is 8. The Morgan fingerprint density at radius 1 is 1.26 bits per heavy atom. The van der Waals surface area contributed by atoms with Crippen molar-refractivity contribution in [3.8, 4) is 24.6 Å². The number of ether oxygens (including phenoxy) is 2. The van der Waals surface area contributed by atoms with Crippen LogP contribution >= 0.6 is 11.3 Å². The van der Waals surface area contributed by atoms with Gasteiger partial charge in [-0.2, -0.15) is 5.10 Å². The molecule has 0 fully saturated rings. The minimum absolute atomic E-state index is 0.477. The molecule has 2 aromatic rings. The number of aryl methyl sites for hydroxylation is 1. The summed E-state index contributed by atoms with van der Waals surface area (Å²) in [5, 5.41) is 18.8. The summed E-state index contributed by atoms with van der Waals surface area (Å²) in [7, 11) is 1.63. The van der Waals surface area contributed by atoms with Crippen LogP contribution < -0.4 is 15.3 Å². The number of benzene rings is 1. The van der Waals surface area contributed by atoms with E-state index in [2.05, 4.69) is 35.8 Å². The lowest BCUT2D eigenvalue weighted by Crippen LogP contribution is -1.97. The second-order valence-electron chi connectivity index (χ2n) is 3.48. The van der Waals surface area contributed by atoms with Crippen molar-refractivity contribution in [2.45, 2.75) is 13.5 Å². The Balaban J connectivity index is 0. The number of methoxy groups -OCH3 is 1. The Kier molecular flexibility index (Phi) is 14.8. The van der Waals surface area contributed by atoms with Crippen molar-refractivity contribution in [3.63, 3.8) is 0 Å². The summed E-state index contributed by atoms with van der Waals surface area (Å²) in [5.41, 5.74) is 0.952. The number of thiazole rings is 1. The zero-order chi connectivity index (χ0) is 18.1. The van der Waals surface area contributed by atoms with Crippen LogP contribution in [0.4, 0.5) is 0 Å². The van der Waals surface area contributed by atoms with E-state index >= 15 is 0 Å². The number of hydrogen-bond donors (Lipinski definition) is 1. The van der Waals surface area contributed by atoms with E-state index in [-0.39, 0.29) is 0 Å². The molecule has 0 saturated heterocycles. The van der Waals surface area contributed by atoms with Gasteiger partial charge in [-0.05, 0) is 19.1 Å². The molecule has 0 saturated carbocycles. The molecular weight excluding hydrogens is 314 g/mol. The van der Waals surface area contributed by atoms with E-state index in [9.17, 15) is 0 Å². The first-order chi connectivity index (χ1) is 11.2. The van der Waals surface area contributed by atoms with Gasteiger partial charge in [-0.3, -0.25) is 0 Å². The topological polar surface area (TPSA) is 117 Å². The van der Waals surface area contributed by atoms with Gasteiger partial charge in [0.25, 0.3) is 0 Å². The highest BCUT2D eigenvalue weighted by molar-refractivity contribution is 7.09. The fraction of sp³-hybridized carbons (Fsp3) is 0.200. The number of nitriles is 2. The number of nitrogens with two attached hydrogens (primary N) is 1. The molecule has 0 bridgehead atoms. The standard InChI is InChI=1S/C12H13NO2S.CH4N2.2CHN/c1-9-13-10(8-16-9)7-15-12-6-4-3-5-11(12)14-2;1-3-2;2*1-2/h3-6,8H,7H2,1-2H3;1-2H2;2*1H. The minimum Gasteiger partial charge on any atom is -0.493 e. The quantitative estimate of drug-likeness (QED) is 0.522. The van der Waals surface area contributed by atoms with Gasteiger partial charge >= 0.3 is 0 Å². The fourth-order valence-electron chi connectivity index (χ4n) is 1.36. The molecule has 2 N–H and O–H groups in total. The van der Waals surface area contributed by atoms with Crippen LogP contribution in [0.15, 0.2) is 34.7 Å². The van der Waals surface area contributed by atoms with Crippen LogP contribution in [-0.4, -0.2) is 18.8 Å². The third kappa shape index (κ3) is 9.45. The Bertz CT molecular complexity index is 590. The molecule has 0 atom stereocenters. The van der Waals surface area contributed by atoms with Gasteiger partial charge in [0.1, 0.15) is 6.61 Å². The monoisotopic (exact) mass is 333 g/mol.